The molecule has 3 nitrogen and oxygen atoms in total. The average Bonchev–Trinajstić information content (AvgIpc) is 3.40. The number of aryl methyl sites for hydroxylation is 2. The second-order valence-corrected chi connectivity index (χ2v) is 6.74. The predicted molar refractivity (Wildman–Crippen MR) is 99.4 cm³/mol. The fourth-order valence-electron chi connectivity index (χ4n) is 3.29. The van der Waals surface area contributed by atoms with Crippen LogP contribution in [0.5, 0.6) is 0 Å². The maximum Gasteiger partial charge on any atom is 0.239 e. The minimum atomic E-state index is 0.0579. The van der Waals surface area contributed by atoms with Gasteiger partial charge in [0, 0.05) is 17.6 Å². The fourth-order valence-corrected chi connectivity index (χ4v) is 3.29. The largest absolute Gasteiger partial charge is 0.376 e. The number of benzene rings is 2. The van der Waals surface area contributed by atoms with Crippen LogP contribution in [0, 0.1) is 6.92 Å². The predicted octanol–water partition coefficient (Wildman–Crippen LogP) is 3.82. The molecule has 2 N–H and O–H groups in total. The van der Waals surface area contributed by atoms with Gasteiger partial charge < -0.3 is 10.6 Å². The van der Waals surface area contributed by atoms with Gasteiger partial charge >= 0.3 is 0 Å². The molecule has 0 heterocycles. The molecule has 2 aromatic rings. The zero-order valence-corrected chi connectivity index (χ0v) is 14.6. The summed E-state index contributed by atoms with van der Waals surface area (Å²) in [7, 11) is 0. The molecule has 0 unspecified atom stereocenters. The summed E-state index contributed by atoms with van der Waals surface area (Å²) in [5.74, 6) is 0.0579. The Kier molecular flexibility index (Phi) is 4.89. The van der Waals surface area contributed by atoms with Crippen molar-refractivity contribution in [2.75, 3.05) is 18.4 Å². The molecular formula is C21H26N2O. The molecule has 0 atom stereocenters. The first-order valence-electron chi connectivity index (χ1n) is 8.79. The molecule has 1 amide bonds. The first-order valence-corrected chi connectivity index (χ1v) is 8.79. The van der Waals surface area contributed by atoms with Crippen molar-refractivity contribution in [3.63, 3.8) is 0 Å². The van der Waals surface area contributed by atoms with Gasteiger partial charge in [0.05, 0.1) is 6.54 Å². The molecule has 126 valence electrons. The molecule has 0 aromatic heterocycles. The first-order chi connectivity index (χ1) is 11.6. The second kappa shape index (κ2) is 7.08. The number of amides is 1. The third kappa shape index (κ3) is 3.61. The smallest absolute Gasteiger partial charge is 0.239 e. The van der Waals surface area contributed by atoms with Crippen molar-refractivity contribution in [1.29, 1.82) is 0 Å². The Labute approximate surface area is 144 Å². The lowest BCUT2D eigenvalue weighted by Gasteiger charge is -2.18. The molecule has 2 aromatic carbocycles. The highest BCUT2D eigenvalue weighted by atomic mass is 16.1. The molecule has 0 radical (unpaired) electrons. The van der Waals surface area contributed by atoms with Crippen LogP contribution in [-0.4, -0.2) is 19.0 Å². The third-order valence-corrected chi connectivity index (χ3v) is 5.03. The molecule has 1 fully saturated rings. The van der Waals surface area contributed by atoms with Crippen LogP contribution >= 0.6 is 0 Å². The molecule has 0 saturated heterocycles. The molecule has 1 aliphatic carbocycles. The molecule has 1 saturated carbocycles. The van der Waals surface area contributed by atoms with Gasteiger partial charge in [-0.15, -0.1) is 0 Å². The van der Waals surface area contributed by atoms with Crippen molar-refractivity contribution in [3.8, 4) is 0 Å². The van der Waals surface area contributed by atoms with Crippen molar-refractivity contribution in [2.45, 2.75) is 38.5 Å². The van der Waals surface area contributed by atoms with Gasteiger partial charge in [0.25, 0.3) is 0 Å². The number of carbonyl (C=O) groups excluding carboxylic acids is 1. The van der Waals surface area contributed by atoms with E-state index in [1.165, 1.54) is 16.7 Å². The van der Waals surface area contributed by atoms with Gasteiger partial charge in [0.2, 0.25) is 5.91 Å². The number of hydrogen-bond donors (Lipinski definition) is 2. The Hall–Kier alpha value is -2.29. The summed E-state index contributed by atoms with van der Waals surface area (Å²) in [6.07, 6.45) is 3.27. The normalized spacial score (nSPS) is 14.9. The topological polar surface area (TPSA) is 41.1 Å². The summed E-state index contributed by atoms with van der Waals surface area (Å²) in [4.78, 5) is 12.3. The van der Waals surface area contributed by atoms with Crippen molar-refractivity contribution in [2.24, 2.45) is 0 Å². The van der Waals surface area contributed by atoms with Crippen LogP contribution in [0.15, 0.2) is 48.5 Å². The van der Waals surface area contributed by atoms with Crippen molar-refractivity contribution >= 4 is 11.6 Å². The van der Waals surface area contributed by atoms with E-state index < -0.39 is 0 Å². The van der Waals surface area contributed by atoms with Crippen LogP contribution in [-0.2, 0) is 16.6 Å². The van der Waals surface area contributed by atoms with Gasteiger partial charge in [-0.1, -0.05) is 55.5 Å². The highest BCUT2D eigenvalue weighted by Crippen LogP contribution is 2.47. The zero-order valence-electron chi connectivity index (χ0n) is 14.6. The van der Waals surface area contributed by atoms with E-state index in [1.54, 1.807) is 0 Å². The molecule has 3 rings (SSSR count). The average molecular weight is 322 g/mol. The van der Waals surface area contributed by atoms with Crippen LogP contribution in [0.4, 0.5) is 5.69 Å². The van der Waals surface area contributed by atoms with Gasteiger partial charge in [0.1, 0.15) is 0 Å². The Balaban J connectivity index is 1.54. The van der Waals surface area contributed by atoms with Gasteiger partial charge in [-0.25, -0.2) is 0 Å². The summed E-state index contributed by atoms with van der Waals surface area (Å²) < 4.78 is 0. The molecule has 1 aliphatic rings. The van der Waals surface area contributed by atoms with Crippen LogP contribution in [0.2, 0.25) is 0 Å². The molecular weight excluding hydrogens is 296 g/mol. The van der Waals surface area contributed by atoms with Gasteiger partial charge in [0.15, 0.2) is 0 Å². The van der Waals surface area contributed by atoms with Gasteiger partial charge in [-0.3, -0.25) is 4.79 Å². The highest BCUT2D eigenvalue weighted by molar-refractivity contribution is 5.81. The summed E-state index contributed by atoms with van der Waals surface area (Å²) in [6.45, 7) is 5.26. The SMILES string of the molecule is CCc1cccc(C)c1NCC(=O)NCC1(c2ccccc2)CC1. The lowest BCUT2D eigenvalue weighted by Crippen LogP contribution is -2.36. The summed E-state index contributed by atoms with van der Waals surface area (Å²) in [5, 5.41) is 6.43. The van der Waals surface area contributed by atoms with E-state index in [-0.39, 0.29) is 11.3 Å². The van der Waals surface area contributed by atoms with Crippen LogP contribution in [0.1, 0.15) is 36.5 Å². The van der Waals surface area contributed by atoms with E-state index in [0.29, 0.717) is 6.54 Å². The van der Waals surface area contributed by atoms with Crippen LogP contribution < -0.4 is 10.6 Å². The van der Waals surface area contributed by atoms with Gasteiger partial charge in [-0.05, 0) is 42.9 Å². The molecule has 0 spiro atoms. The van der Waals surface area contributed by atoms with E-state index in [9.17, 15) is 4.79 Å². The molecule has 24 heavy (non-hydrogen) atoms. The number of rotatable bonds is 7. The zero-order chi connectivity index (χ0) is 17.0. The van der Waals surface area contributed by atoms with E-state index in [4.69, 9.17) is 0 Å². The van der Waals surface area contributed by atoms with E-state index in [1.807, 2.05) is 6.07 Å². The minimum absolute atomic E-state index is 0.0579. The molecule has 0 aliphatic heterocycles. The maximum absolute atomic E-state index is 12.3. The van der Waals surface area contributed by atoms with E-state index in [2.05, 4.69) is 66.9 Å². The first kappa shape index (κ1) is 16.6. The standard InChI is InChI=1S/C21H26N2O/c1-3-17-9-7-8-16(2)20(17)22-14-19(24)23-15-21(12-13-21)18-10-5-4-6-11-18/h4-11,22H,3,12-15H2,1-2H3,(H,23,24). The maximum atomic E-state index is 12.3. The van der Waals surface area contributed by atoms with Crippen molar-refractivity contribution in [1.82, 2.24) is 5.32 Å². The Morgan fingerprint density at radius 2 is 1.83 bits per heavy atom. The van der Waals surface area contributed by atoms with Crippen LogP contribution in [0.3, 0.4) is 0 Å². The number of carbonyl (C=O) groups is 1. The monoisotopic (exact) mass is 322 g/mol. The van der Waals surface area contributed by atoms with Crippen LogP contribution in [0.25, 0.3) is 0 Å². The number of hydrogen-bond acceptors (Lipinski definition) is 2. The summed E-state index contributed by atoms with van der Waals surface area (Å²) in [5.41, 5.74) is 5.04. The Bertz CT molecular complexity index is 705. The Morgan fingerprint density at radius 1 is 1.08 bits per heavy atom. The minimum Gasteiger partial charge on any atom is -0.376 e. The third-order valence-electron chi connectivity index (χ3n) is 5.03. The summed E-state index contributed by atoms with van der Waals surface area (Å²) >= 11 is 0. The number of nitrogens with one attached hydrogen (secondary N) is 2. The lowest BCUT2D eigenvalue weighted by molar-refractivity contribution is -0.119. The fraction of sp³-hybridized carbons (Fsp3) is 0.381. The van der Waals surface area contributed by atoms with E-state index in [0.717, 1.165) is 31.5 Å². The highest BCUT2D eigenvalue weighted by Gasteiger charge is 2.44. The van der Waals surface area contributed by atoms with E-state index >= 15 is 0 Å². The van der Waals surface area contributed by atoms with Crippen molar-refractivity contribution < 1.29 is 4.79 Å². The van der Waals surface area contributed by atoms with Crippen molar-refractivity contribution in [3.05, 3.63) is 65.2 Å². The molecule has 3 heteroatoms. The number of anilines is 1. The van der Waals surface area contributed by atoms with Gasteiger partial charge in [-0.2, -0.15) is 0 Å². The second-order valence-electron chi connectivity index (χ2n) is 6.74. The molecule has 0 bridgehead atoms. The summed E-state index contributed by atoms with van der Waals surface area (Å²) in [6, 6.07) is 16.8. The lowest BCUT2D eigenvalue weighted by atomic mass is 9.96. The quantitative estimate of drug-likeness (QED) is 0.814. The number of para-hydroxylation sites is 1. The Morgan fingerprint density at radius 3 is 2.50 bits per heavy atom.